The van der Waals surface area contributed by atoms with Gasteiger partial charge in [-0.05, 0) is 29.3 Å². The summed E-state index contributed by atoms with van der Waals surface area (Å²) >= 11 is 0. The van der Waals surface area contributed by atoms with E-state index in [4.69, 9.17) is 14.2 Å². The Labute approximate surface area is 117 Å². The molecule has 0 saturated heterocycles. The summed E-state index contributed by atoms with van der Waals surface area (Å²) in [5.41, 5.74) is 2.30. The molecule has 0 aromatic heterocycles. The lowest BCUT2D eigenvalue weighted by molar-refractivity contribution is 0.0511. The third-order valence-electron chi connectivity index (χ3n) is 2.84. The molecule has 0 saturated carbocycles. The van der Waals surface area contributed by atoms with E-state index >= 15 is 0 Å². The summed E-state index contributed by atoms with van der Waals surface area (Å²) in [5.74, 6) is 0.367. The number of benzene rings is 2. The lowest BCUT2D eigenvalue weighted by Gasteiger charge is -2.09. The maximum atomic E-state index is 11.8. The lowest BCUT2D eigenvalue weighted by atomic mass is 10.00. The van der Waals surface area contributed by atoms with E-state index in [-0.39, 0.29) is 12.8 Å². The van der Waals surface area contributed by atoms with Crippen LogP contribution in [0.4, 0.5) is 0 Å². The Hall–Kier alpha value is -2.33. The average Bonchev–Trinajstić information content (AvgIpc) is 2.52. The van der Waals surface area contributed by atoms with E-state index in [0.29, 0.717) is 11.3 Å². The van der Waals surface area contributed by atoms with Crippen molar-refractivity contribution in [2.45, 2.75) is 0 Å². The summed E-state index contributed by atoms with van der Waals surface area (Å²) in [5, 5.41) is 0. The molecule has 2 aromatic rings. The summed E-state index contributed by atoms with van der Waals surface area (Å²) in [6.45, 7) is 0.206. The maximum Gasteiger partial charge on any atom is 0.338 e. The van der Waals surface area contributed by atoms with Gasteiger partial charge in [0.05, 0.1) is 12.7 Å². The van der Waals surface area contributed by atoms with Crippen molar-refractivity contribution in [3.63, 3.8) is 0 Å². The molecule has 0 bridgehead atoms. The number of hydrogen-bond acceptors (Lipinski definition) is 4. The van der Waals surface area contributed by atoms with Gasteiger partial charge in [0.2, 0.25) is 0 Å². The number of methoxy groups -OCH3 is 2. The molecule has 2 rings (SSSR count). The quantitative estimate of drug-likeness (QED) is 0.619. The molecule has 104 valence electrons. The van der Waals surface area contributed by atoms with Gasteiger partial charge in [-0.1, -0.05) is 30.3 Å². The minimum absolute atomic E-state index is 0.206. The molecule has 0 aliphatic rings. The van der Waals surface area contributed by atoms with Crippen LogP contribution in [0, 0.1) is 0 Å². The van der Waals surface area contributed by atoms with Gasteiger partial charge in [0.1, 0.15) is 5.75 Å². The monoisotopic (exact) mass is 272 g/mol. The van der Waals surface area contributed by atoms with Crippen LogP contribution in [0.15, 0.2) is 48.5 Å². The molecular formula is C16H16O4. The highest BCUT2D eigenvalue weighted by atomic mass is 16.7. The summed E-state index contributed by atoms with van der Waals surface area (Å²) in [7, 11) is 2.95. The van der Waals surface area contributed by atoms with E-state index < -0.39 is 0 Å². The lowest BCUT2D eigenvalue weighted by Crippen LogP contribution is -2.03. The molecule has 0 N–H and O–H groups in total. The molecule has 0 atom stereocenters. The van der Waals surface area contributed by atoms with Gasteiger partial charge in [-0.2, -0.15) is 0 Å². The molecule has 0 heterocycles. The Morgan fingerprint density at radius 3 is 2.35 bits per heavy atom. The fraction of sp³-hybridized carbons (Fsp3) is 0.188. The summed E-state index contributed by atoms with van der Waals surface area (Å²) in [4.78, 5) is 11.8. The first-order valence-corrected chi connectivity index (χ1v) is 6.15. The second kappa shape index (κ2) is 6.73. The molecule has 0 radical (unpaired) electrons. The number of carbonyl (C=O) groups is 1. The van der Waals surface area contributed by atoms with Gasteiger partial charge in [-0.3, -0.25) is 0 Å². The highest BCUT2D eigenvalue weighted by Crippen LogP contribution is 2.26. The van der Waals surface area contributed by atoms with E-state index in [1.165, 1.54) is 7.11 Å². The van der Waals surface area contributed by atoms with E-state index in [1.807, 2.05) is 42.5 Å². The zero-order valence-electron chi connectivity index (χ0n) is 11.5. The molecule has 0 spiro atoms. The fourth-order valence-corrected chi connectivity index (χ4v) is 1.88. The summed E-state index contributed by atoms with van der Waals surface area (Å²) in [6, 6.07) is 14.8. The number of carbonyl (C=O) groups excluding carboxylic acids is 1. The second-order valence-electron chi connectivity index (χ2n) is 4.11. The standard InChI is InChI=1S/C16H16O4/c1-18-11-20-13-9-7-12(8-10-13)14-5-3-4-6-15(14)16(17)19-2/h3-10H,11H2,1-2H3. The van der Waals surface area contributed by atoms with Gasteiger partial charge >= 0.3 is 5.97 Å². The van der Waals surface area contributed by atoms with Crippen molar-refractivity contribution in [2.24, 2.45) is 0 Å². The number of esters is 1. The Morgan fingerprint density at radius 1 is 1.00 bits per heavy atom. The van der Waals surface area contributed by atoms with Crippen molar-refractivity contribution < 1.29 is 19.0 Å². The number of hydrogen-bond donors (Lipinski definition) is 0. The minimum atomic E-state index is -0.347. The molecule has 0 aliphatic heterocycles. The maximum absolute atomic E-state index is 11.8. The van der Waals surface area contributed by atoms with Gasteiger partial charge in [-0.15, -0.1) is 0 Å². The largest absolute Gasteiger partial charge is 0.468 e. The van der Waals surface area contributed by atoms with Gasteiger partial charge in [0, 0.05) is 7.11 Å². The molecular weight excluding hydrogens is 256 g/mol. The molecule has 4 nitrogen and oxygen atoms in total. The van der Waals surface area contributed by atoms with E-state index in [1.54, 1.807) is 13.2 Å². The van der Waals surface area contributed by atoms with Crippen molar-refractivity contribution in [2.75, 3.05) is 21.0 Å². The predicted molar refractivity (Wildman–Crippen MR) is 75.7 cm³/mol. The fourth-order valence-electron chi connectivity index (χ4n) is 1.88. The molecule has 2 aromatic carbocycles. The molecule has 0 unspecified atom stereocenters. The molecule has 4 heteroatoms. The average molecular weight is 272 g/mol. The third-order valence-corrected chi connectivity index (χ3v) is 2.84. The van der Waals surface area contributed by atoms with Crippen LogP contribution in [0.2, 0.25) is 0 Å². The van der Waals surface area contributed by atoms with Gasteiger partial charge in [-0.25, -0.2) is 4.79 Å². The van der Waals surface area contributed by atoms with Crippen LogP contribution >= 0.6 is 0 Å². The Bertz CT molecular complexity index is 575. The van der Waals surface area contributed by atoms with Gasteiger partial charge < -0.3 is 14.2 Å². The van der Waals surface area contributed by atoms with Gasteiger partial charge in [0.25, 0.3) is 0 Å². The Balaban J connectivity index is 2.30. The van der Waals surface area contributed by atoms with Crippen molar-refractivity contribution in [1.82, 2.24) is 0 Å². The SMILES string of the molecule is COCOc1ccc(-c2ccccc2C(=O)OC)cc1. The zero-order valence-corrected chi connectivity index (χ0v) is 11.5. The highest BCUT2D eigenvalue weighted by Gasteiger charge is 2.12. The molecule has 20 heavy (non-hydrogen) atoms. The van der Waals surface area contributed by atoms with E-state index in [9.17, 15) is 4.79 Å². The smallest absolute Gasteiger partial charge is 0.338 e. The Kier molecular flexibility index (Phi) is 4.74. The summed E-state index contributed by atoms with van der Waals surface area (Å²) < 4.78 is 15.0. The number of rotatable bonds is 5. The van der Waals surface area contributed by atoms with Crippen molar-refractivity contribution in [1.29, 1.82) is 0 Å². The second-order valence-corrected chi connectivity index (χ2v) is 4.11. The molecule has 0 aliphatic carbocycles. The van der Waals surface area contributed by atoms with E-state index in [0.717, 1.165) is 11.1 Å². The molecule has 0 fully saturated rings. The van der Waals surface area contributed by atoms with Crippen molar-refractivity contribution in [3.8, 4) is 16.9 Å². The van der Waals surface area contributed by atoms with E-state index in [2.05, 4.69) is 0 Å². The highest BCUT2D eigenvalue weighted by molar-refractivity contribution is 5.97. The van der Waals surface area contributed by atoms with Crippen LogP contribution < -0.4 is 4.74 Å². The third kappa shape index (κ3) is 3.16. The van der Waals surface area contributed by atoms with Crippen LogP contribution in [0.25, 0.3) is 11.1 Å². The topological polar surface area (TPSA) is 44.8 Å². The van der Waals surface area contributed by atoms with Crippen LogP contribution in [0.3, 0.4) is 0 Å². The first-order valence-electron chi connectivity index (χ1n) is 6.15. The summed E-state index contributed by atoms with van der Waals surface area (Å²) in [6.07, 6.45) is 0. The minimum Gasteiger partial charge on any atom is -0.468 e. The Morgan fingerprint density at radius 2 is 1.70 bits per heavy atom. The van der Waals surface area contributed by atoms with Crippen LogP contribution in [0.1, 0.15) is 10.4 Å². The van der Waals surface area contributed by atoms with Gasteiger partial charge in [0.15, 0.2) is 6.79 Å². The predicted octanol–water partition coefficient (Wildman–Crippen LogP) is 3.12. The first-order chi connectivity index (χ1) is 9.76. The molecule has 0 amide bonds. The van der Waals surface area contributed by atoms with Crippen LogP contribution in [-0.4, -0.2) is 27.0 Å². The normalized spacial score (nSPS) is 10.1. The number of ether oxygens (including phenoxy) is 3. The van der Waals surface area contributed by atoms with Crippen LogP contribution in [0.5, 0.6) is 5.75 Å². The van der Waals surface area contributed by atoms with Crippen molar-refractivity contribution >= 4 is 5.97 Å². The first kappa shape index (κ1) is 14.1. The van der Waals surface area contributed by atoms with Crippen molar-refractivity contribution in [3.05, 3.63) is 54.1 Å². The zero-order chi connectivity index (χ0) is 14.4. The van der Waals surface area contributed by atoms with Crippen LogP contribution in [-0.2, 0) is 9.47 Å².